The molecule has 0 bridgehead atoms. The van der Waals surface area contributed by atoms with E-state index >= 15 is 0 Å². The summed E-state index contributed by atoms with van der Waals surface area (Å²) in [6, 6.07) is 11.9. The van der Waals surface area contributed by atoms with E-state index in [-0.39, 0.29) is 24.5 Å². The fraction of sp³-hybridized carbons (Fsp3) is 0.360. The van der Waals surface area contributed by atoms with Crippen LogP contribution in [0.2, 0.25) is 0 Å². The molecule has 1 saturated heterocycles. The number of methoxy groups -OCH3 is 3. The van der Waals surface area contributed by atoms with Gasteiger partial charge in [-0.05, 0) is 35.2 Å². The number of rotatable bonds is 8. The lowest BCUT2D eigenvalue weighted by Gasteiger charge is -2.25. The number of carbonyl (C=O) groups is 2. The number of aliphatic hydroxyl groups is 1. The van der Waals surface area contributed by atoms with Crippen molar-refractivity contribution in [3.8, 4) is 11.5 Å². The van der Waals surface area contributed by atoms with Gasteiger partial charge in [-0.25, -0.2) is 0 Å². The number of nitrogens with zero attached hydrogens (tertiary/aromatic N) is 1. The van der Waals surface area contributed by atoms with Gasteiger partial charge in [0.15, 0.2) is 11.5 Å². The van der Waals surface area contributed by atoms with E-state index in [9.17, 15) is 14.7 Å². The summed E-state index contributed by atoms with van der Waals surface area (Å²) in [5.74, 6) is -0.417. The zero-order valence-electron chi connectivity index (χ0n) is 19.0. The molecular weight excluding hydrogens is 410 g/mol. The van der Waals surface area contributed by atoms with Crippen LogP contribution >= 0.6 is 0 Å². The van der Waals surface area contributed by atoms with Gasteiger partial charge >= 0.3 is 0 Å². The van der Waals surface area contributed by atoms with Gasteiger partial charge in [0, 0.05) is 19.2 Å². The third-order valence-electron chi connectivity index (χ3n) is 5.65. The van der Waals surface area contributed by atoms with Crippen molar-refractivity contribution in [1.29, 1.82) is 0 Å². The van der Waals surface area contributed by atoms with Crippen LogP contribution in [0.3, 0.4) is 0 Å². The smallest absolute Gasteiger partial charge is 0.295 e. The largest absolute Gasteiger partial charge is 0.507 e. The van der Waals surface area contributed by atoms with Gasteiger partial charge in [-0.15, -0.1) is 0 Å². The van der Waals surface area contributed by atoms with Gasteiger partial charge in [0.25, 0.3) is 11.7 Å². The Morgan fingerprint density at radius 3 is 2.22 bits per heavy atom. The van der Waals surface area contributed by atoms with Crippen molar-refractivity contribution in [3.63, 3.8) is 0 Å². The summed E-state index contributed by atoms with van der Waals surface area (Å²) in [4.78, 5) is 27.3. The first-order chi connectivity index (χ1) is 15.3. The second kappa shape index (κ2) is 9.87. The second-order valence-corrected chi connectivity index (χ2v) is 7.88. The van der Waals surface area contributed by atoms with Gasteiger partial charge in [0.05, 0.1) is 32.4 Å². The summed E-state index contributed by atoms with van der Waals surface area (Å²) in [6.07, 6.45) is 0. The number of hydrogen-bond donors (Lipinski definition) is 1. The summed E-state index contributed by atoms with van der Waals surface area (Å²) < 4.78 is 15.7. The molecule has 170 valence electrons. The van der Waals surface area contributed by atoms with Gasteiger partial charge in [-0.2, -0.15) is 0 Å². The molecule has 1 fully saturated rings. The maximum atomic E-state index is 13.0. The molecule has 2 aromatic rings. The Kier molecular flexibility index (Phi) is 7.20. The van der Waals surface area contributed by atoms with Crippen LogP contribution in [0, 0.1) is 0 Å². The highest BCUT2D eigenvalue weighted by Crippen LogP contribution is 2.40. The van der Waals surface area contributed by atoms with Gasteiger partial charge in [0.2, 0.25) is 0 Å². The maximum Gasteiger partial charge on any atom is 0.295 e. The molecule has 1 unspecified atom stereocenters. The Morgan fingerprint density at radius 2 is 1.66 bits per heavy atom. The number of ether oxygens (including phenoxy) is 3. The summed E-state index contributed by atoms with van der Waals surface area (Å²) in [5, 5.41) is 11.2. The summed E-state index contributed by atoms with van der Waals surface area (Å²) in [6.45, 7) is 4.68. The summed E-state index contributed by atoms with van der Waals surface area (Å²) >= 11 is 0. The topological polar surface area (TPSA) is 85.3 Å². The number of ketones is 1. The van der Waals surface area contributed by atoms with Crippen molar-refractivity contribution in [2.75, 3.05) is 34.5 Å². The molecule has 0 aromatic heterocycles. The third kappa shape index (κ3) is 4.34. The Hall–Kier alpha value is -3.32. The summed E-state index contributed by atoms with van der Waals surface area (Å²) in [5.41, 5.74) is 2.28. The molecule has 7 heteroatoms. The van der Waals surface area contributed by atoms with E-state index in [0.717, 1.165) is 11.1 Å². The Bertz CT molecular complexity index is 1030. The fourth-order valence-electron chi connectivity index (χ4n) is 3.85. The van der Waals surface area contributed by atoms with Gasteiger partial charge in [-0.3, -0.25) is 9.59 Å². The monoisotopic (exact) mass is 439 g/mol. The number of amides is 1. The SMILES string of the molecule is COCCN1C(=O)C(=O)/C(=C(\O)c2ccc(OC)c(OC)c2)C1c1ccc(C(C)C)cc1. The minimum Gasteiger partial charge on any atom is -0.507 e. The molecule has 1 aliphatic heterocycles. The number of hydrogen-bond acceptors (Lipinski definition) is 6. The average molecular weight is 440 g/mol. The van der Waals surface area contributed by atoms with E-state index in [0.29, 0.717) is 23.0 Å². The van der Waals surface area contributed by atoms with Crippen LogP contribution in [-0.2, 0) is 14.3 Å². The molecule has 32 heavy (non-hydrogen) atoms. The van der Waals surface area contributed by atoms with Gasteiger partial charge in [-0.1, -0.05) is 38.1 Å². The van der Waals surface area contributed by atoms with Crippen LogP contribution in [0.4, 0.5) is 0 Å². The van der Waals surface area contributed by atoms with Crippen molar-refractivity contribution in [3.05, 3.63) is 64.7 Å². The quantitative estimate of drug-likeness (QED) is 0.382. The second-order valence-electron chi connectivity index (χ2n) is 7.88. The van der Waals surface area contributed by atoms with Gasteiger partial charge in [0.1, 0.15) is 5.76 Å². The van der Waals surface area contributed by atoms with Crippen molar-refractivity contribution >= 4 is 17.4 Å². The van der Waals surface area contributed by atoms with Crippen molar-refractivity contribution in [2.24, 2.45) is 0 Å². The van der Waals surface area contributed by atoms with E-state index in [1.54, 1.807) is 18.2 Å². The normalized spacial score (nSPS) is 17.8. The molecule has 1 amide bonds. The lowest BCUT2D eigenvalue weighted by atomic mass is 9.93. The third-order valence-corrected chi connectivity index (χ3v) is 5.65. The lowest BCUT2D eigenvalue weighted by Crippen LogP contribution is -2.32. The maximum absolute atomic E-state index is 13.0. The Morgan fingerprint density at radius 1 is 1.00 bits per heavy atom. The predicted molar refractivity (Wildman–Crippen MR) is 121 cm³/mol. The molecule has 1 aliphatic rings. The molecule has 0 saturated carbocycles. The average Bonchev–Trinajstić information content (AvgIpc) is 3.06. The number of carbonyl (C=O) groups excluding carboxylic acids is 2. The zero-order valence-corrected chi connectivity index (χ0v) is 19.0. The van der Waals surface area contributed by atoms with Crippen molar-refractivity contribution in [1.82, 2.24) is 4.90 Å². The van der Waals surface area contributed by atoms with Crippen LogP contribution in [0.5, 0.6) is 11.5 Å². The highest BCUT2D eigenvalue weighted by Gasteiger charge is 2.45. The Balaban J connectivity index is 2.15. The highest BCUT2D eigenvalue weighted by molar-refractivity contribution is 6.46. The molecule has 0 aliphatic carbocycles. The van der Waals surface area contributed by atoms with Crippen LogP contribution < -0.4 is 9.47 Å². The minimum atomic E-state index is -0.730. The van der Waals surface area contributed by atoms with Crippen molar-refractivity contribution < 1.29 is 28.9 Å². The van der Waals surface area contributed by atoms with Crippen molar-refractivity contribution in [2.45, 2.75) is 25.8 Å². The van der Waals surface area contributed by atoms with Crippen LogP contribution in [0.15, 0.2) is 48.0 Å². The molecule has 7 nitrogen and oxygen atoms in total. The van der Waals surface area contributed by atoms with Crippen LogP contribution in [0.25, 0.3) is 5.76 Å². The van der Waals surface area contributed by atoms with E-state index in [2.05, 4.69) is 13.8 Å². The number of benzene rings is 2. The number of aliphatic hydroxyl groups excluding tert-OH is 1. The zero-order chi connectivity index (χ0) is 23.4. The first kappa shape index (κ1) is 23.3. The molecular formula is C25H29NO6. The van der Waals surface area contributed by atoms with E-state index in [1.807, 2.05) is 24.3 Å². The predicted octanol–water partition coefficient (Wildman–Crippen LogP) is 3.90. The number of likely N-dealkylation sites (tertiary alicyclic amines) is 1. The first-order valence-electron chi connectivity index (χ1n) is 10.4. The van der Waals surface area contributed by atoms with E-state index < -0.39 is 17.7 Å². The Labute approximate surface area is 188 Å². The first-order valence-corrected chi connectivity index (χ1v) is 10.4. The van der Waals surface area contributed by atoms with Crippen LogP contribution in [0.1, 0.15) is 42.5 Å². The highest BCUT2D eigenvalue weighted by atomic mass is 16.5. The van der Waals surface area contributed by atoms with Crippen LogP contribution in [-0.4, -0.2) is 56.2 Å². The van der Waals surface area contributed by atoms with Gasteiger partial charge < -0.3 is 24.2 Å². The standard InChI is InChI=1S/C25H29NO6/c1-15(2)16-6-8-17(9-7-16)22-21(24(28)25(29)26(22)12-13-30-3)23(27)18-10-11-19(31-4)20(14-18)32-5/h6-11,14-15,22,27H,12-13H2,1-5H3/b23-21-. The molecule has 1 heterocycles. The lowest BCUT2D eigenvalue weighted by molar-refractivity contribution is -0.140. The van der Waals surface area contributed by atoms with E-state index in [4.69, 9.17) is 14.2 Å². The fourth-order valence-corrected chi connectivity index (χ4v) is 3.85. The van der Waals surface area contributed by atoms with E-state index in [1.165, 1.54) is 26.2 Å². The molecule has 3 rings (SSSR count). The molecule has 2 aromatic carbocycles. The summed E-state index contributed by atoms with van der Waals surface area (Å²) in [7, 11) is 4.54. The molecule has 0 radical (unpaired) electrons. The molecule has 1 N–H and O–H groups in total. The number of Topliss-reactive ketones (excluding diaryl/α,β-unsaturated/α-hetero) is 1. The minimum absolute atomic E-state index is 0.0376. The molecule has 0 spiro atoms. The molecule has 1 atom stereocenters.